The summed E-state index contributed by atoms with van der Waals surface area (Å²) in [6, 6.07) is 3.59. The van der Waals surface area contributed by atoms with E-state index in [0.717, 1.165) is 0 Å². The van der Waals surface area contributed by atoms with E-state index in [9.17, 15) is 14.0 Å². The second kappa shape index (κ2) is 6.83. The number of benzene rings is 1. The molecule has 0 heterocycles. The topological polar surface area (TPSA) is 55.4 Å². The van der Waals surface area contributed by atoms with Gasteiger partial charge in [0.05, 0.1) is 6.04 Å². The molecular weight excluding hydrogens is 329 g/mol. The summed E-state index contributed by atoms with van der Waals surface area (Å²) in [6.07, 6.45) is 0.0560. The van der Waals surface area contributed by atoms with Gasteiger partial charge in [0.25, 0.3) is 0 Å². The molecule has 0 unspecified atom stereocenters. The molecular formula is C14H17BrFNO3. The number of carbonyl (C=O) groups is 2. The van der Waals surface area contributed by atoms with E-state index >= 15 is 0 Å². The van der Waals surface area contributed by atoms with Crippen LogP contribution in [-0.2, 0) is 9.53 Å². The van der Waals surface area contributed by atoms with Crippen molar-refractivity contribution < 1.29 is 18.7 Å². The Balaban J connectivity index is 2.88. The Morgan fingerprint density at radius 3 is 2.60 bits per heavy atom. The van der Waals surface area contributed by atoms with Gasteiger partial charge in [0.2, 0.25) is 0 Å². The van der Waals surface area contributed by atoms with Crippen molar-refractivity contribution in [2.45, 2.75) is 38.8 Å². The predicted octanol–water partition coefficient (Wildman–Crippen LogP) is 3.74. The molecule has 20 heavy (non-hydrogen) atoms. The quantitative estimate of drug-likeness (QED) is 0.845. The van der Waals surface area contributed by atoms with E-state index in [2.05, 4.69) is 21.2 Å². The average molecular weight is 346 g/mol. The summed E-state index contributed by atoms with van der Waals surface area (Å²) < 4.78 is 19.0. The van der Waals surface area contributed by atoms with Crippen LogP contribution in [0.2, 0.25) is 0 Å². The number of rotatable bonds is 4. The second-order valence-corrected chi connectivity index (χ2v) is 6.22. The Hall–Kier alpha value is -1.43. The van der Waals surface area contributed by atoms with E-state index < -0.39 is 23.6 Å². The molecule has 0 saturated heterocycles. The van der Waals surface area contributed by atoms with E-state index in [1.54, 1.807) is 26.8 Å². The van der Waals surface area contributed by atoms with Gasteiger partial charge in [-0.2, -0.15) is 0 Å². The first-order valence-electron chi connectivity index (χ1n) is 6.10. The molecule has 1 aromatic carbocycles. The minimum Gasteiger partial charge on any atom is -0.444 e. The molecule has 1 aromatic rings. The van der Waals surface area contributed by atoms with Gasteiger partial charge in [-0.15, -0.1) is 0 Å². The fraction of sp³-hybridized carbons (Fsp3) is 0.429. The monoisotopic (exact) mass is 345 g/mol. The fourth-order valence-electron chi connectivity index (χ4n) is 1.60. The highest BCUT2D eigenvalue weighted by Gasteiger charge is 2.21. The zero-order chi connectivity index (χ0) is 15.3. The van der Waals surface area contributed by atoms with Crippen LogP contribution in [0.25, 0.3) is 0 Å². The lowest BCUT2D eigenvalue weighted by Crippen LogP contribution is -2.35. The molecule has 0 spiro atoms. The Morgan fingerprint density at radius 2 is 2.10 bits per heavy atom. The van der Waals surface area contributed by atoms with Crippen LogP contribution < -0.4 is 5.32 Å². The number of nitrogens with one attached hydrogen (secondary N) is 1. The van der Waals surface area contributed by atoms with Gasteiger partial charge in [0.1, 0.15) is 17.7 Å². The summed E-state index contributed by atoms with van der Waals surface area (Å²) in [5.41, 5.74) is -0.145. The molecule has 0 aliphatic carbocycles. The maximum atomic E-state index is 13.4. The van der Waals surface area contributed by atoms with Crippen molar-refractivity contribution in [2.75, 3.05) is 0 Å². The van der Waals surface area contributed by atoms with Crippen molar-refractivity contribution >= 4 is 28.3 Å². The van der Waals surface area contributed by atoms with Gasteiger partial charge in [-0.1, -0.05) is 15.9 Å². The van der Waals surface area contributed by atoms with Gasteiger partial charge in [0.15, 0.2) is 0 Å². The number of amides is 1. The Bertz CT molecular complexity index is 479. The van der Waals surface area contributed by atoms with Crippen molar-refractivity contribution in [3.8, 4) is 0 Å². The van der Waals surface area contributed by atoms with Crippen LogP contribution in [-0.4, -0.2) is 18.0 Å². The van der Waals surface area contributed by atoms with Gasteiger partial charge in [-0.25, -0.2) is 9.18 Å². The van der Waals surface area contributed by atoms with Crippen molar-refractivity contribution in [1.29, 1.82) is 0 Å². The molecule has 110 valence electrons. The maximum Gasteiger partial charge on any atom is 0.408 e. The normalized spacial score (nSPS) is 12.7. The van der Waals surface area contributed by atoms with E-state index in [-0.39, 0.29) is 6.42 Å². The SMILES string of the molecule is CC(C)(C)OC(=O)N[C@H](CC=O)c1cc(F)cc(Br)c1. The van der Waals surface area contributed by atoms with Crippen LogP contribution in [0.1, 0.15) is 38.8 Å². The molecule has 1 rings (SSSR count). The molecule has 1 atom stereocenters. The Morgan fingerprint density at radius 1 is 1.45 bits per heavy atom. The third kappa shape index (κ3) is 5.69. The van der Waals surface area contributed by atoms with Crippen LogP contribution in [0.4, 0.5) is 9.18 Å². The number of hydrogen-bond acceptors (Lipinski definition) is 3. The van der Waals surface area contributed by atoms with E-state index in [1.807, 2.05) is 0 Å². The van der Waals surface area contributed by atoms with Gasteiger partial charge in [-0.3, -0.25) is 0 Å². The Labute approximate surface area is 125 Å². The second-order valence-electron chi connectivity index (χ2n) is 5.30. The molecule has 0 aliphatic rings. The average Bonchev–Trinajstić information content (AvgIpc) is 2.24. The highest BCUT2D eigenvalue weighted by Crippen LogP contribution is 2.22. The molecule has 0 aliphatic heterocycles. The summed E-state index contributed by atoms with van der Waals surface area (Å²) in [5, 5.41) is 2.57. The largest absolute Gasteiger partial charge is 0.444 e. The van der Waals surface area contributed by atoms with Crippen LogP contribution >= 0.6 is 15.9 Å². The number of hydrogen-bond donors (Lipinski definition) is 1. The third-order valence-corrected chi connectivity index (χ3v) is 2.77. The highest BCUT2D eigenvalue weighted by molar-refractivity contribution is 9.10. The summed E-state index contributed by atoms with van der Waals surface area (Å²) in [7, 11) is 0. The zero-order valence-electron chi connectivity index (χ0n) is 11.6. The maximum absolute atomic E-state index is 13.4. The van der Waals surface area contributed by atoms with Gasteiger partial charge in [-0.05, 0) is 44.5 Å². The zero-order valence-corrected chi connectivity index (χ0v) is 13.2. The van der Waals surface area contributed by atoms with Crippen LogP contribution in [0, 0.1) is 5.82 Å². The van der Waals surface area contributed by atoms with E-state index in [0.29, 0.717) is 16.3 Å². The minimum atomic E-state index is -0.648. The first-order chi connectivity index (χ1) is 9.21. The number of ether oxygens (including phenoxy) is 1. The molecule has 0 aromatic heterocycles. The predicted molar refractivity (Wildman–Crippen MR) is 76.9 cm³/mol. The molecule has 0 saturated carbocycles. The minimum absolute atomic E-state index is 0.0368. The highest BCUT2D eigenvalue weighted by atomic mass is 79.9. The number of alkyl carbamates (subject to hydrolysis) is 1. The first-order valence-corrected chi connectivity index (χ1v) is 6.89. The van der Waals surface area contributed by atoms with Crippen molar-refractivity contribution in [2.24, 2.45) is 0 Å². The van der Waals surface area contributed by atoms with Crippen LogP contribution in [0.3, 0.4) is 0 Å². The van der Waals surface area contributed by atoms with Gasteiger partial charge >= 0.3 is 6.09 Å². The molecule has 1 amide bonds. The van der Waals surface area contributed by atoms with E-state index in [1.165, 1.54) is 12.1 Å². The number of aldehydes is 1. The van der Waals surface area contributed by atoms with Crippen molar-refractivity contribution in [1.82, 2.24) is 5.32 Å². The number of carbonyl (C=O) groups excluding carboxylic acids is 2. The van der Waals surface area contributed by atoms with Crippen molar-refractivity contribution in [3.05, 3.63) is 34.1 Å². The smallest absolute Gasteiger partial charge is 0.408 e. The lowest BCUT2D eigenvalue weighted by atomic mass is 10.0. The molecule has 0 fully saturated rings. The summed E-state index contributed by atoms with van der Waals surface area (Å²) >= 11 is 3.18. The Kier molecular flexibility index (Phi) is 5.68. The fourth-order valence-corrected chi connectivity index (χ4v) is 2.08. The molecule has 4 nitrogen and oxygen atoms in total. The lowest BCUT2D eigenvalue weighted by molar-refractivity contribution is -0.108. The molecule has 1 N–H and O–H groups in total. The summed E-state index contributed by atoms with van der Waals surface area (Å²) in [6.45, 7) is 5.21. The van der Waals surface area contributed by atoms with Gasteiger partial charge < -0.3 is 14.8 Å². The lowest BCUT2D eigenvalue weighted by Gasteiger charge is -2.23. The summed E-state index contributed by atoms with van der Waals surface area (Å²) in [4.78, 5) is 22.5. The molecule has 0 radical (unpaired) electrons. The first kappa shape index (κ1) is 16.6. The molecule has 6 heteroatoms. The molecule has 0 bridgehead atoms. The van der Waals surface area contributed by atoms with Gasteiger partial charge in [0, 0.05) is 10.9 Å². The van der Waals surface area contributed by atoms with Crippen LogP contribution in [0.15, 0.2) is 22.7 Å². The third-order valence-electron chi connectivity index (χ3n) is 2.31. The van der Waals surface area contributed by atoms with Crippen molar-refractivity contribution in [3.63, 3.8) is 0 Å². The number of halogens is 2. The summed E-state index contributed by atoms with van der Waals surface area (Å²) in [5.74, 6) is -0.448. The van der Waals surface area contributed by atoms with Crippen LogP contribution in [0.5, 0.6) is 0 Å². The van der Waals surface area contributed by atoms with E-state index in [4.69, 9.17) is 4.74 Å². The standard InChI is InChI=1S/C14H17BrFNO3/c1-14(2,3)20-13(19)17-12(4-5-18)9-6-10(15)8-11(16)7-9/h5-8,12H,4H2,1-3H3,(H,17,19)/t12-/m1/s1.